The van der Waals surface area contributed by atoms with Crippen LogP contribution in [0.15, 0.2) is 63.1 Å². The Hall–Kier alpha value is -3.92. The third-order valence-corrected chi connectivity index (χ3v) is 6.33. The van der Waals surface area contributed by atoms with Crippen molar-refractivity contribution in [3.63, 3.8) is 0 Å². The lowest BCUT2D eigenvalue weighted by Gasteiger charge is -2.13. The highest BCUT2D eigenvalue weighted by Gasteiger charge is 2.19. The number of para-hydroxylation sites is 1. The molecule has 0 aliphatic rings. The van der Waals surface area contributed by atoms with Crippen molar-refractivity contribution in [2.75, 3.05) is 18.2 Å². The van der Waals surface area contributed by atoms with Crippen molar-refractivity contribution in [1.29, 1.82) is 0 Å². The lowest BCUT2D eigenvalue weighted by molar-refractivity contribution is -0.113. The second-order valence-electron chi connectivity index (χ2n) is 7.64. The molecule has 2 aromatic carbocycles. The Balaban J connectivity index is 1.79. The van der Waals surface area contributed by atoms with Gasteiger partial charge in [-0.15, -0.1) is 0 Å². The van der Waals surface area contributed by atoms with Gasteiger partial charge in [-0.2, -0.15) is 0 Å². The van der Waals surface area contributed by atoms with Gasteiger partial charge in [0.2, 0.25) is 5.91 Å². The van der Waals surface area contributed by atoms with E-state index in [9.17, 15) is 14.4 Å². The minimum Gasteiger partial charge on any atom is -0.497 e. The van der Waals surface area contributed by atoms with Crippen molar-refractivity contribution < 1.29 is 9.53 Å². The van der Waals surface area contributed by atoms with Gasteiger partial charge in [0.25, 0.3) is 5.56 Å². The summed E-state index contributed by atoms with van der Waals surface area (Å²) in [7, 11) is 4.51. The Kier molecular flexibility index (Phi) is 6.51. The third kappa shape index (κ3) is 4.44. The maximum atomic E-state index is 13.0. The molecule has 0 aliphatic heterocycles. The molecular formula is C24H23N5O4S. The second-order valence-corrected chi connectivity index (χ2v) is 8.60. The number of aromatic nitrogens is 4. The van der Waals surface area contributed by atoms with Crippen molar-refractivity contribution in [2.45, 2.75) is 11.9 Å². The first-order valence-corrected chi connectivity index (χ1v) is 11.4. The van der Waals surface area contributed by atoms with Gasteiger partial charge in [-0.3, -0.25) is 18.7 Å². The number of thioether (sulfide) groups is 1. The third-order valence-electron chi connectivity index (χ3n) is 5.35. The summed E-state index contributed by atoms with van der Waals surface area (Å²) in [4.78, 5) is 47.3. The van der Waals surface area contributed by atoms with Gasteiger partial charge in [-0.05, 0) is 30.7 Å². The van der Waals surface area contributed by atoms with Crippen molar-refractivity contribution in [3.8, 4) is 17.1 Å². The number of rotatable bonds is 6. The summed E-state index contributed by atoms with van der Waals surface area (Å²) >= 11 is 1.12. The van der Waals surface area contributed by atoms with Crippen LogP contribution in [0.5, 0.6) is 5.75 Å². The number of aryl methyl sites for hydroxylation is 2. The van der Waals surface area contributed by atoms with Crippen molar-refractivity contribution >= 4 is 34.4 Å². The predicted octanol–water partition coefficient (Wildman–Crippen LogP) is 2.74. The summed E-state index contributed by atoms with van der Waals surface area (Å²) < 4.78 is 7.61. The maximum absolute atomic E-state index is 13.0. The molecule has 0 unspecified atom stereocenters. The summed E-state index contributed by atoms with van der Waals surface area (Å²) in [5.41, 5.74) is 1.50. The van der Waals surface area contributed by atoms with Crippen LogP contribution < -0.4 is 21.3 Å². The van der Waals surface area contributed by atoms with Crippen LogP contribution in [0.3, 0.4) is 0 Å². The predicted molar refractivity (Wildman–Crippen MR) is 133 cm³/mol. The molecule has 0 fully saturated rings. The SMILES string of the molecule is COc1cccc(-c2nc(SCC(=O)Nc3ccccc3C)c3c(=O)n(C)c(=O)n(C)c3n2)c1. The molecule has 10 heteroatoms. The number of amides is 1. The minimum absolute atomic E-state index is 0.0179. The lowest BCUT2D eigenvalue weighted by Crippen LogP contribution is -2.37. The minimum atomic E-state index is -0.517. The van der Waals surface area contributed by atoms with E-state index in [1.165, 1.54) is 11.6 Å². The number of nitrogens with zero attached hydrogens (tertiary/aromatic N) is 4. The van der Waals surface area contributed by atoms with Gasteiger partial charge in [0, 0.05) is 25.3 Å². The van der Waals surface area contributed by atoms with Gasteiger partial charge < -0.3 is 10.1 Å². The van der Waals surface area contributed by atoms with Crippen LogP contribution in [-0.4, -0.2) is 37.9 Å². The zero-order valence-corrected chi connectivity index (χ0v) is 20.0. The van der Waals surface area contributed by atoms with Gasteiger partial charge in [-0.25, -0.2) is 14.8 Å². The smallest absolute Gasteiger partial charge is 0.332 e. The molecule has 34 heavy (non-hydrogen) atoms. The molecule has 4 aromatic rings. The summed E-state index contributed by atoms with van der Waals surface area (Å²) in [5, 5.41) is 3.38. The Labute approximate surface area is 199 Å². The number of hydrogen-bond donors (Lipinski definition) is 1. The van der Waals surface area contributed by atoms with Gasteiger partial charge in [0.15, 0.2) is 11.5 Å². The standard InChI is InChI=1S/C24H23N5O4S/c1-14-8-5-6-11-17(14)25-18(30)13-34-22-19-21(28(2)24(32)29(3)23(19)31)26-20(27-22)15-9-7-10-16(12-15)33-4/h5-12H,13H2,1-4H3,(H,25,30). The van der Waals surface area contributed by atoms with Gasteiger partial charge in [0.05, 0.1) is 12.9 Å². The van der Waals surface area contributed by atoms with Crippen LogP contribution in [0, 0.1) is 6.92 Å². The topological polar surface area (TPSA) is 108 Å². The summed E-state index contributed by atoms with van der Waals surface area (Å²) in [6.07, 6.45) is 0. The fourth-order valence-corrected chi connectivity index (χ4v) is 4.27. The lowest BCUT2D eigenvalue weighted by atomic mass is 10.2. The summed E-state index contributed by atoms with van der Waals surface area (Å²) in [5.74, 6) is 0.710. The number of ether oxygens (including phenoxy) is 1. The van der Waals surface area contributed by atoms with Gasteiger partial charge in [-0.1, -0.05) is 42.1 Å². The number of carbonyl (C=O) groups is 1. The molecular weight excluding hydrogens is 454 g/mol. The van der Waals surface area contributed by atoms with Crippen LogP contribution in [0.2, 0.25) is 0 Å². The molecule has 4 rings (SSSR count). The normalized spacial score (nSPS) is 10.9. The van der Waals surface area contributed by atoms with Crippen LogP contribution in [-0.2, 0) is 18.9 Å². The Morgan fingerprint density at radius 1 is 1.06 bits per heavy atom. The van der Waals surface area contributed by atoms with E-state index in [0.717, 1.165) is 27.6 Å². The molecule has 0 aliphatic carbocycles. The first-order valence-electron chi connectivity index (χ1n) is 10.4. The van der Waals surface area contributed by atoms with Crippen LogP contribution in [0.1, 0.15) is 5.56 Å². The van der Waals surface area contributed by atoms with Crippen molar-refractivity contribution in [3.05, 3.63) is 74.9 Å². The van der Waals surface area contributed by atoms with Crippen molar-refractivity contribution in [1.82, 2.24) is 19.1 Å². The fraction of sp³-hybridized carbons (Fsp3) is 0.208. The zero-order chi connectivity index (χ0) is 24.4. The molecule has 174 valence electrons. The molecule has 1 amide bonds. The molecule has 2 aromatic heterocycles. The number of nitrogens with one attached hydrogen (secondary N) is 1. The van der Waals surface area contributed by atoms with Gasteiger partial charge in [0.1, 0.15) is 16.2 Å². The van der Waals surface area contributed by atoms with E-state index in [4.69, 9.17) is 4.74 Å². The van der Waals surface area contributed by atoms with Crippen LogP contribution in [0.4, 0.5) is 5.69 Å². The van der Waals surface area contributed by atoms with E-state index in [1.807, 2.05) is 37.3 Å². The van der Waals surface area contributed by atoms with E-state index in [1.54, 1.807) is 32.4 Å². The Morgan fingerprint density at radius 2 is 1.82 bits per heavy atom. The quantitative estimate of drug-likeness (QED) is 0.336. The highest BCUT2D eigenvalue weighted by molar-refractivity contribution is 8.00. The van der Waals surface area contributed by atoms with E-state index in [-0.39, 0.29) is 22.7 Å². The molecule has 0 saturated heterocycles. The largest absolute Gasteiger partial charge is 0.497 e. The molecule has 0 radical (unpaired) electrons. The molecule has 0 atom stereocenters. The Morgan fingerprint density at radius 3 is 2.56 bits per heavy atom. The number of methoxy groups -OCH3 is 1. The van der Waals surface area contributed by atoms with E-state index in [0.29, 0.717) is 22.2 Å². The molecule has 0 bridgehead atoms. The highest BCUT2D eigenvalue weighted by atomic mass is 32.2. The summed E-state index contributed by atoms with van der Waals surface area (Å²) in [6.45, 7) is 1.91. The molecule has 2 heterocycles. The first-order chi connectivity index (χ1) is 16.3. The van der Waals surface area contributed by atoms with Crippen LogP contribution in [0.25, 0.3) is 22.4 Å². The van der Waals surface area contributed by atoms with E-state index in [2.05, 4.69) is 15.3 Å². The van der Waals surface area contributed by atoms with Crippen LogP contribution >= 0.6 is 11.8 Å². The van der Waals surface area contributed by atoms with E-state index >= 15 is 0 Å². The maximum Gasteiger partial charge on any atom is 0.332 e. The fourth-order valence-electron chi connectivity index (χ4n) is 3.46. The highest BCUT2D eigenvalue weighted by Crippen LogP contribution is 2.28. The van der Waals surface area contributed by atoms with Crippen molar-refractivity contribution in [2.24, 2.45) is 14.1 Å². The monoisotopic (exact) mass is 477 g/mol. The molecule has 1 N–H and O–H groups in total. The molecule has 0 spiro atoms. The summed E-state index contributed by atoms with van der Waals surface area (Å²) in [6, 6.07) is 14.6. The number of hydrogen-bond acceptors (Lipinski definition) is 7. The number of fused-ring (bicyclic) bond motifs is 1. The number of carbonyl (C=O) groups excluding carboxylic acids is 1. The molecule has 9 nitrogen and oxygen atoms in total. The first kappa shape index (κ1) is 23.2. The number of benzene rings is 2. The average molecular weight is 478 g/mol. The zero-order valence-electron chi connectivity index (χ0n) is 19.2. The number of anilines is 1. The van der Waals surface area contributed by atoms with E-state index < -0.39 is 11.2 Å². The second kappa shape index (κ2) is 9.52. The average Bonchev–Trinajstić information content (AvgIpc) is 2.85. The molecule has 0 saturated carbocycles. The Bertz CT molecular complexity index is 1530. The van der Waals surface area contributed by atoms with Gasteiger partial charge >= 0.3 is 5.69 Å².